The van der Waals surface area contributed by atoms with E-state index < -0.39 is 0 Å². The van der Waals surface area contributed by atoms with Crippen LogP contribution in [0.5, 0.6) is 0 Å². The Hall–Kier alpha value is -1.09. The molecule has 12 heavy (non-hydrogen) atoms. The van der Waals surface area contributed by atoms with Crippen LogP contribution in [0.4, 0.5) is 0 Å². The molecule has 0 bridgehead atoms. The minimum atomic E-state index is 0.827. The molecule has 3 heteroatoms. The second-order valence-corrected chi connectivity index (χ2v) is 3.59. The first-order chi connectivity index (χ1) is 5.70. The van der Waals surface area contributed by atoms with Gasteiger partial charge in [0, 0.05) is 0 Å². The Morgan fingerprint density at radius 3 is 2.83 bits per heavy atom. The maximum atomic E-state index is 5.31. The lowest BCUT2D eigenvalue weighted by atomic mass is 10.3. The fourth-order valence-electron chi connectivity index (χ4n) is 1.49. The van der Waals surface area contributed by atoms with Crippen LogP contribution in [0.25, 0.3) is 0 Å². The fraction of sp³-hybridized carbons (Fsp3) is 0.444. The van der Waals surface area contributed by atoms with Gasteiger partial charge in [0.25, 0.3) is 5.84 Å². The van der Waals surface area contributed by atoms with Gasteiger partial charge in [-0.25, -0.2) is 4.99 Å². The van der Waals surface area contributed by atoms with Gasteiger partial charge in [0.1, 0.15) is 6.54 Å². The van der Waals surface area contributed by atoms with Gasteiger partial charge in [0.2, 0.25) is 5.76 Å². The van der Waals surface area contributed by atoms with Crippen LogP contribution in [-0.4, -0.2) is 37.5 Å². The minimum Gasteiger partial charge on any atom is -0.457 e. The number of aliphatic imine (C=N–C) groups is 1. The van der Waals surface area contributed by atoms with E-state index in [4.69, 9.17) is 4.42 Å². The second-order valence-electron chi connectivity index (χ2n) is 3.59. The monoisotopic (exact) mass is 165 g/mol. The average Bonchev–Trinajstić information content (AvgIpc) is 2.55. The molecule has 2 rings (SSSR count). The zero-order chi connectivity index (χ0) is 8.60. The molecule has 0 unspecified atom stereocenters. The molecule has 64 valence electrons. The van der Waals surface area contributed by atoms with Gasteiger partial charge in [-0.05, 0) is 12.1 Å². The van der Waals surface area contributed by atoms with E-state index in [2.05, 4.69) is 19.1 Å². The third-order valence-corrected chi connectivity index (χ3v) is 2.24. The highest BCUT2D eigenvalue weighted by atomic mass is 16.3. The van der Waals surface area contributed by atoms with Crippen molar-refractivity contribution in [2.24, 2.45) is 4.99 Å². The summed E-state index contributed by atoms with van der Waals surface area (Å²) in [6.07, 6.45) is 1.69. The largest absolute Gasteiger partial charge is 0.457 e. The van der Waals surface area contributed by atoms with Crippen molar-refractivity contribution in [3.63, 3.8) is 0 Å². The Morgan fingerprint density at radius 1 is 1.50 bits per heavy atom. The Labute approximate surface area is 71.9 Å². The van der Waals surface area contributed by atoms with Crippen LogP contribution in [0.3, 0.4) is 0 Å². The highest BCUT2D eigenvalue weighted by Crippen LogP contribution is 2.15. The molecule has 0 saturated carbocycles. The van der Waals surface area contributed by atoms with Crippen LogP contribution < -0.4 is 0 Å². The molecule has 3 nitrogen and oxygen atoms in total. The number of likely N-dealkylation sites (N-methyl/N-ethyl adjacent to an activating group) is 1. The van der Waals surface area contributed by atoms with E-state index in [9.17, 15) is 0 Å². The summed E-state index contributed by atoms with van der Waals surface area (Å²) < 4.78 is 6.13. The predicted molar refractivity (Wildman–Crippen MR) is 47.1 cm³/mol. The summed E-state index contributed by atoms with van der Waals surface area (Å²) in [4.78, 5) is 4.43. The molecule has 1 aromatic rings. The van der Waals surface area contributed by atoms with Crippen LogP contribution in [0.15, 0.2) is 27.8 Å². The van der Waals surface area contributed by atoms with Crippen molar-refractivity contribution in [2.45, 2.75) is 0 Å². The maximum absolute atomic E-state index is 5.31. The van der Waals surface area contributed by atoms with E-state index >= 15 is 0 Å². The molecule has 0 fully saturated rings. The predicted octanol–water partition coefficient (Wildman–Crippen LogP) is 1.12. The minimum absolute atomic E-state index is 0.827. The van der Waals surface area contributed by atoms with Crippen LogP contribution >= 0.6 is 0 Å². The Morgan fingerprint density at radius 2 is 2.33 bits per heavy atom. The number of furan rings is 1. The summed E-state index contributed by atoms with van der Waals surface area (Å²) >= 11 is 0. The van der Waals surface area contributed by atoms with Crippen LogP contribution in [-0.2, 0) is 0 Å². The van der Waals surface area contributed by atoms with Crippen LogP contribution in [0.2, 0.25) is 0 Å². The fourth-order valence-corrected chi connectivity index (χ4v) is 1.49. The first kappa shape index (κ1) is 7.55. The lowest BCUT2D eigenvalue weighted by Crippen LogP contribution is -2.43. The normalized spacial score (nSPS) is 21.0. The molecule has 1 aliphatic heterocycles. The maximum Gasteiger partial charge on any atom is 0.266 e. The van der Waals surface area contributed by atoms with Gasteiger partial charge in [0.05, 0.1) is 26.9 Å². The Bertz CT molecular complexity index is 298. The lowest BCUT2D eigenvalue weighted by Gasteiger charge is -2.22. The van der Waals surface area contributed by atoms with Crippen molar-refractivity contribution in [1.29, 1.82) is 0 Å². The molecule has 1 aliphatic rings. The molecule has 0 spiro atoms. The van der Waals surface area contributed by atoms with E-state index in [1.54, 1.807) is 6.26 Å². The van der Waals surface area contributed by atoms with Crippen molar-refractivity contribution < 1.29 is 8.90 Å². The number of hydrogen-bond donors (Lipinski definition) is 0. The van der Waals surface area contributed by atoms with Crippen molar-refractivity contribution in [1.82, 2.24) is 0 Å². The van der Waals surface area contributed by atoms with E-state index in [1.807, 2.05) is 12.1 Å². The smallest absolute Gasteiger partial charge is 0.266 e. The highest BCUT2D eigenvalue weighted by Gasteiger charge is 2.31. The molecule has 1 aromatic heterocycles. The molecular weight excluding hydrogens is 152 g/mol. The van der Waals surface area contributed by atoms with Crippen molar-refractivity contribution in [3.8, 4) is 0 Å². The highest BCUT2D eigenvalue weighted by molar-refractivity contribution is 5.91. The second kappa shape index (κ2) is 2.45. The summed E-state index contributed by atoms with van der Waals surface area (Å²) in [7, 11) is 4.29. The quantitative estimate of drug-likeness (QED) is 0.572. The van der Waals surface area contributed by atoms with Gasteiger partial charge in [-0.1, -0.05) is 0 Å². The van der Waals surface area contributed by atoms with Gasteiger partial charge in [-0.3, -0.25) is 4.48 Å². The topological polar surface area (TPSA) is 25.5 Å². The van der Waals surface area contributed by atoms with Gasteiger partial charge in [-0.15, -0.1) is 0 Å². The molecular formula is C9H13N2O+. The SMILES string of the molecule is C[N+]1(C)CCN=C1c1ccco1. The lowest BCUT2D eigenvalue weighted by molar-refractivity contribution is -0.791. The summed E-state index contributed by atoms with van der Waals surface area (Å²) in [5.41, 5.74) is 0. The zero-order valence-electron chi connectivity index (χ0n) is 7.45. The number of quaternary nitrogens is 1. The summed E-state index contributed by atoms with van der Waals surface area (Å²) in [6, 6.07) is 3.86. The third-order valence-electron chi connectivity index (χ3n) is 2.24. The number of rotatable bonds is 1. The summed E-state index contributed by atoms with van der Waals surface area (Å²) in [6.45, 7) is 1.97. The molecule has 2 heterocycles. The Balaban J connectivity index is 2.36. The zero-order valence-corrected chi connectivity index (χ0v) is 7.45. The third kappa shape index (κ3) is 1.06. The van der Waals surface area contributed by atoms with E-state index in [0.717, 1.165) is 29.2 Å². The standard InChI is InChI=1S/C9H13N2O/c1-11(2)6-5-10-9(11)8-4-3-7-12-8/h3-4,7H,5-6H2,1-2H3/q+1. The van der Waals surface area contributed by atoms with E-state index in [-0.39, 0.29) is 0 Å². The van der Waals surface area contributed by atoms with Gasteiger partial charge >= 0.3 is 0 Å². The first-order valence-corrected chi connectivity index (χ1v) is 4.12. The summed E-state index contributed by atoms with van der Waals surface area (Å²) in [5.74, 6) is 1.96. The van der Waals surface area contributed by atoms with E-state index in [0.29, 0.717) is 0 Å². The van der Waals surface area contributed by atoms with Crippen LogP contribution in [0.1, 0.15) is 5.76 Å². The number of hydrogen-bond acceptors (Lipinski definition) is 2. The molecule has 0 amide bonds. The number of amidine groups is 1. The molecule has 0 aromatic carbocycles. The van der Waals surface area contributed by atoms with Gasteiger partial charge in [-0.2, -0.15) is 0 Å². The first-order valence-electron chi connectivity index (χ1n) is 4.12. The molecule has 0 saturated heterocycles. The van der Waals surface area contributed by atoms with E-state index in [1.165, 1.54) is 0 Å². The average molecular weight is 165 g/mol. The number of nitrogens with zero attached hydrogens (tertiary/aromatic N) is 2. The van der Waals surface area contributed by atoms with Crippen LogP contribution in [0, 0.1) is 0 Å². The summed E-state index contributed by atoms with van der Waals surface area (Å²) in [5, 5.41) is 0. The van der Waals surface area contributed by atoms with Gasteiger partial charge < -0.3 is 4.42 Å². The molecule has 0 N–H and O–H groups in total. The van der Waals surface area contributed by atoms with Crippen molar-refractivity contribution >= 4 is 5.84 Å². The van der Waals surface area contributed by atoms with Gasteiger partial charge in [0.15, 0.2) is 0 Å². The molecule has 0 aliphatic carbocycles. The molecule has 0 atom stereocenters. The Kier molecular flexibility index (Phi) is 1.54. The van der Waals surface area contributed by atoms with Crippen molar-refractivity contribution in [3.05, 3.63) is 24.2 Å². The van der Waals surface area contributed by atoms with Crippen molar-refractivity contribution in [2.75, 3.05) is 27.2 Å². The molecule has 0 radical (unpaired) electrons.